The number of carbonyl (C=O) groups is 1. The highest BCUT2D eigenvalue weighted by Gasteiger charge is 2.29. The summed E-state index contributed by atoms with van der Waals surface area (Å²) in [7, 11) is 4.09. The lowest BCUT2D eigenvalue weighted by Crippen LogP contribution is -2.38. The number of amides is 1. The van der Waals surface area contributed by atoms with E-state index in [0.29, 0.717) is 0 Å². The molecule has 1 atom stereocenters. The molecule has 5 heteroatoms. The first-order valence-electron chi connectivity index (χ1n) is 8.15. The first kappa shape index (κ1) is 15.7. The molecule has 0 spiro atoms. The maximum absolute atomic E-state index is 12.8. The molecule has 0 saturated carbocycles. The van der Waals surface area contributed by atoms with Crippen molar-refractivity contribution in [3.05, 3.63) is 53.9 Å². The highest BCUT2D eigenvalue weighted by Crippen LogP contribution is 2.21. The molecular formula is C18H24N4O. The Hall–Kier alpha value is -2.14. The average Bonchev–Trinajstić information content (AvgIpc) is 3.19. The zero-order valence-corrected chi connectivity index (χ0v) is 13.9. The fraction of sp³-hybridized carbons (Fsp3) is 0.444. The molecule has 1 aromatic carbocycles. The van der Waals surface area contributed by atoms with Gasteiger partial charge in [-0.3, -0.25) is 9.48 Å². The first-order chi connectivity index (χ1) is 11.1. The van der Waals surface area contributed by atoms with Crippen molar-refractivity contribution < 1.29 is 4.79 Å². The third-order valence-electron chi connectivity index (χ3n) is 4.29. The largest absolute Gasteiger partial charge is 0.334 e. The van der Waals surface area contributed by atoms with Gasteiger partial charge in [-0.15, -0.1) is 0 Å². The van der Waals surface area contributed by atoms with Gasteiger partial charge in [-0.05, 0) is 50.7 Å². The van der Waals surface area contributed by atoms with Crippen LogP contribution in [0.1, 0.15) is 28.8 Å². The van der Waals surface area contributed by atoms with Crippen molar-refractivity contribution in [2.75, 3.05) is 20.6 Å². The SMILES string of the molecule is CN(C)Cc1ccc(C(=O)N2CCCC2Cn2cccn2)cc1. The van der Waals surface area contributed by atoms with E-state index in [9.17, 15) is 4.79 Å². The molecule has 122 valence electrons. The maximum Gasteiger partial charge on any atom is 0.254 e. The molecule has 0 bridgehead atoms. The van der Waals surface area contributed by atoms with Crippen molar-refractivity contribution in [1.29, 1.82) is 0 Å². The number of nitrogens with zero attached hydrogens (tertiary/aromatic N) is 4. The second kappa shape index (κ2) is 6.96. The lowest BCUT2D eigenvalue weighted by molar-refractivity contribution is 0.0721. The van der Waals surface area contributed by atoms with Gasteiger partial charge in [-0.25, -0.2) is 0 Å². The molecule has 1 aliphatic rings. The number of rotatable bonds is 5. The normalized spacial score (nSPS) is 17.9. The fourth-order valence-electron chi connectivity index (χ4n) is 3.20. The number of carbonyl (C=O) groups excluding carboxylic acids is 1. The molecule has 1 fully saturated rings. The lowest BCUT2D eigenvalue weighted by Gasteiger charge is -2.25. The Labute approximate surface area is 137 Å². The van der Waals surface area contributed by atoms with Gasteiger partial charge in [0.15, 0.2) is 0 Å². The quantitative estimate of drug-likeness (QED) is 0.850. The predicted octanol–water partition coefficient (Wildman–Crippen LogP) is 2.25. The Bertz CT molecular complexity index is 634. The summed E-state index contributed by atoms with van der Waals surface area (Å²) < 4.78 is 1.91. The van der Waals surface area contributed by atoms with Crippen LogP contribution in [0.25, 0.3) is 0 Å². The van der Waals surface area contributed by atoms with Crippen LogP contribution in [0.15, 0.2) is 42.7 Å². The van der Waals surface area contributed by atoms with Gasteiger partial charge in [0.25, 0.3) is 5.91 Å². The summed E-state index contributed by atoms with van der Waals surface area (Å²) in [6.45, 7) is 2.50. The van der Waals surface area contributed by atoms with E-state index in [1.807, 2.05) is 60.2 Å². The molecular weight excluding hydrogens is 288 g/mol. The van der Waals surface area contributed by atoms with Crippen molar-refractivity contribution in [3.8, 4) is 0 Å². The van der Waals surface area contributed by atoms with Crippen LogP contribution in [0, 0.1) is 0 Å². The molecule has 2 heterocycles. The Kier molecular flexibility index (Phi) is 4.76. The number of hydrogen-bond acceptors (Lipinski definition) is 3. The molecule has 0 aliphatic carbocycles. The van der Waals surface area contributed by atoms with Crippen molar-refractivity contribution in [3.63, 3.8) is 0 Å². The van der Waals surface area contributed by atoms with E-state index in [2.05, 4.69) is 10.00 Å². The van der Waals surface area contributed by atoms with E-state index in [1.54, 1.807) is 6.20 Å². The molecule has 3 rings (SSSR count). The molecule has 1 saturated heterocycles. The second-order valence-electron chi connectivity index (χ2n) is 6.46. The lowest BCUT2D eigenvalue weighted by atomic mass is 10.1. The minimum atomic E-state index is 0.135. The van der Waals surface area contributed by atoms with E-state index in [1.165, 1.54) is 5.56 Å². The summed E-state index contributed by atoms with van der Waals surface area (Å²) in [5, 5.41) is 4.26. The van der Waals surface area contributed by atoms with Crippen molar-refractivity contribution >= 4 is 5.91 Å². The van der Waals surface area contributed by atoms with Crippen molar-refractivity contribution in [2.24, 2.45) is 0 Å². The zero-order valence-electron chi connectivity index (χ0n) is 13.9. The molecule has 23 heavy (non-hydrogen) atoms. The topological polar surface area (TPSA) is 41.4 Å². The average molecular weight is 312 g/mol. The highest BCUT2D eigenvalue weighted by molar-refractivity contribution is 5.94. The van der Waals surface area contributed by atoms with Gasteiger partial charge >= 0.3 is 0 Å². The summed E-state index contributed by atoms with van der Waals surface area (Å²) >= 11 is 0. The summed E-state index contributed by atoms with van der Waals surface area (Å²) in [4.78, 5) is 16.9. The Balaban J connectivity index is 1.68. The van der Waals surface area contributed by atoms with Gasteiger partial charge < -0.3 is 9.80 Å². The molecule has 5 nitrogen and oxygen atoms in total. The third kappa shape index (κ3) is 3.79. The number of aromatic nitrogens is 2. The second-order valence-corrected chi connectivity index (χ2v) is 6.46. The van der Waals surface area contributed by atoms with E-state index < -0.39 is 0 Å². The summed E-state index contributed by atoms with van der Waals surface area (Å²) in [5.74, 6) is 0.135. The van der Waals surface area contributed by atoms with Crippen LogP contribution < -0.4 is 0 Å². The minimum absolute atomic E-state index is 0.135. The van der Waals surface area contributed by atoms with Crippen LogP contribution in [0.5, 0.6) is 0 Å². The van der Waals surface area contributed by atoms with Gasteiger partial charge in [0.1, 0.15) is 0 Å². The Morgan fingerprint density at radius 1 is 1.30 bits per heavy atom. The summed E-state index contributed by atoms with van der Waals surface area (Å²) in [5.41, 5.74) is 2.00. The highest BCUT2D eigenvalue weighted by atomic mass is 16.2. The summed E-state index contributed by atoms with van der Waals surface area (Å²) in [6, 6.07) is 10.2. The number of hydrogen-bond donors (Lipinski definition) is 0. The molecule has 0 N–H and O–H groups in total. The molecule has 1 unspecified atom stereocenters. The molecule has 1 aliphatic heterocycles. The third-order valence-corrected chi connectivity index (χ3v) is 4.29. The molecule has 2 aromatic rings. The van der Waals surface area contributed by atoms with Crippen molar-refractivity contribution in [1.82, 2.24) is 19.6 Å². The smallest absolute Gasteiger partial charge is 0.254 e. The van der Waals surface area contributed by atoms with Crippen LogP contribution >= 0.6 is 0 Å². The van der Waals surface area contributed by atoms with E-state index >= 15 is 0 Å². The molecule has 0 radical (unpaired) electrons. The fourth-order valence-corrected chi connectivity index (χ4v) is 3.20. The Morgan fingerprint density at radius 3 is 2.74 bits per heavy atom. The zero-order chi connectivity index (χ0) is 16.2. The van der Waals surface area contributed by atoms with Crippen LogP contribution in [0.2, 0.25) is 0 Å². The van der Waals surface area contributed by atoms with Gasteiger partial charge in [0.05, 0.1) is 12.6 Å². The van der Waals surface area contributed by atoms with Crippen LogP contribution in [0.4, 0.5) is 0 Å². The number of benzene rings is 1. The van der Waals surface area contributed by atoms with Crippen molar-refractivity contribution in [2.45, 2.75) is 32.0 Å². The molecule has 1 aromatic heterocycles. The Morgan fingerprint density at radius 2 is 2.09 bits per heavy atom. The number of likely N-dealkylation sites (tertiary alicyclic amines) is 1. The van der Waals surface area contributed by atoms with Gasteiger partial charge in [0, 0.05) is 31.0 Å². The minimum Gasteiger partial charge on any atom is -0.334 e. The van der Waals surface area contributed by atoms with Crippen LogP contribution in [0.3, 0.4) is 0 Å². The van der Waals surface area contributed by atoms with Gasteiger partial charge in [0.2, 0.25) is 0 Å². The summed E-state index contributed by atoms with van der Waals surface area (Å²) in [6.07, 6.45) is 5.85. The molecule has 1 amide bonds. The van der Waals surface area contributed by atoms with E-state index in [4.69, 9.17) is 0 Å². The van der Waals surface area contributed by atoms with Crippen LogP contribution in [-0.2, 0) is 13.1 Å². The monoisotopic (exact) mass is 312 g/mol. The van der Waals surface area contributed by atoms with Crippen LogP contribution in [-0.4, -0.2) is 52.2 Å². The van der Waals surface area contributed by atoms with Gasteiger partial charge in [-0.1, -0.05) is 12.1 Å². The van der Waals surface area contributed by atoms with E-state index in [0.717, 1.165) is 38.0 Å². The van der Waals surface area contributed by atoms with E-state index in [-0.39, 0.29) is 11.9 Å². The standard InChI is InChI=1S/C18H24N4O/c1-20(2)13-15-6-8-16(9-7-15)18(23)22-12-3-5-17(22)14-21-11-4-10-19-21/h4,6-11,17H,3,5,12-14H2,1-2H3. The van der Waals surface area contributed by atoms with Gasteiger partial charge in [-0.2, -0.15) is 5.10 Å². The predicted molar refractivity (Wildman–Crippen MR) is 90.1 cm³/mol. The maximum atomic E-state index is 12.8. The first-order valence-corrected chi connectivity index (χ1v) is 8.15.